The number of oxime groups is 1. The van der Waals surface area contributed by atoms with E-state index >= 15 is 0 Å². The average molecular weight is 291 g/mol. The third-order valence-electron chi connectivity index (χ3n) is 4.26. The Kier molecular flexibility index (Phi) is 5.44. The van der Waals surface area contributed by atoms with E-state index in [4.69, 9.17) is 15.7 Å². The van der Waals surface area contributed by atoms with E-state index in [9.17, 15) is 0 Å². The molecule has 1 saturated heterocycles. The van der Waals surface area contributed by atoms with Crippen LogP contribution < -0.4 is 10.5 Å². The molecule has 0 amide bonds. The van der Waals surface area contributed by atoms with Crippen LogP contribution in [0.4, 0.5) is 0 Å². The lowest BCUT2D eigenvalue weighted by atomic mass is 9.95. The maximum absolute atomic E-state index is 8.81. The van der Waals surface area contributed by atoms with E-state index in [1.807, 2.05) is 18.2 Å². The molecule has 116 valence electrons. The highest BCUT2D eigenvalue weighted by molar-refractivity contribution is 5.97. The standard InChI is InChI=1S/C16H25N3O2/c1-3-12-5-4-8-19(10-12)11-14-9-13(16(17)18-20)6-7-15(14)21-2/h6-7,9,12,20H,3-5,8,10-11H2,1-2H3,(H2,17,18). The van der Waals surface area contributed by atoms with Crippen LogP contribution in [0.3, 0.4) is 0 Å². The van der Waals surface area contributed by atoms with Crippen molar-refractivity contribution in [3.63, 3.8) is 0 Å². The molecule has 1 atom stereocenters. The Morgan fingerprint density at radius 2 is 2.33 bits per heavy atom. The van der Waals surface area contributed by atoms with Crippen LogP contribution in [0.25, 0.3) is 0 Å². The molecule has 1 aromatic rings. The Morgan fingerprint density at radius 3 is 3.00 bits per heavy atom. The molecule has 21 heavy (non-hydrogen) atoms. The van der Waals surface area contributed by atoms with Crippen molar-refractivity contribution in [3.05, 3.63) is 29.3 Å². The number of nitrogens with two attached hydrogens (primary N) is 1. The van der Waals surface area contributed by atoms with Gasteiger partial charge in [0.2, 0.25) is 0 Å². The van der Waals surface area contributed by atoms with Gasteiger partial charge in [-0.05, 0) is 43.5 Å². The van der Waals surface area contributed by atoms with E-state index in [0.717, 1.165) is 42.4 Å². The van der Waals surface area contributed by atoms with E-state index in [-0.39, 0.29) is 5.84 Å². The van der Waals surface area contributed by atoms with Crippen molar-refractivity contribution >= 4 is 5.84 Å². The Hall–Kier alpha value is -1.75. The molecular weight excluding hydrogens is 266 g/mol. The van der Waals surface area contributed by atoms with Gasteiger partial charge in [-0.3, -0.25) is 4.90 Å². The Balaban J connectivity index is 2.17. The molecule has 0 saturated carbocycles. The third kappa shape index (κ3) is 3.88. The van der Waals surface area contributed by atoms with Crippen molar-refractivity contribution in [3.8, 4) is 5.75 Å². The number of hydrogen-bond acceptors (Lipinski definition) is 4. The van der Waals surface area contributed by atoms with Gasteiger partial charge in [-0.15, -0.1) is 0 Å². The first-order chi connectivity index (χ1) is 10.2. The summed E-state index contributed by atoms with van der Waals surface area (Å²) in [5.74, 6) is 1.77. The summed E-state index contributed by atoms with van der Waals surface area (Å²) in [6.45, 7) is 5.35. The largest absolute Gasteiger partial charge is 0.496 e. The van der Waals surface area contributed by atoms with Crippen molar-refractivity contribution in [2.45, 2.75) is 32.7 Å². The first-order valence-electron chi connectivity index (χ1n) is 7.55. The van der Waals surface area contributed by atoms with E-state index < -0.39 is 0 Å². The molecule has 0 aliphatic carbocycles. The summed E-state index contributed by atoms with van der Waals surface area (Å²) >= 11 is 0. The normalized spacial score (nSPS) is 20.5. The van der Waals surface area contributed by atoms with Crippen LogP contribution in [-0.4, -0.2) is 36.1 Å². The average Bonchev–Trinajstić information content (AvgIpc) is 2.54. The van der Waals surface area contributed by atoms with Gasteiger partial charge in [0.05, 0.1) is 7.11 Å². The molecular formula is C16H25N3O2. The zero-order valence-corrected chi connectivity index (χ0v) is 12.9. The highest BCUT2D eigenvalue weighted by atomic mass is 16.5. The van der Waals surface area contributed by atoms with Crippen molar-refractivity contribution in [2.24, 2.45) is 16.8 Å². The molecule has 0 radical (unpaired) electrons. The van der Waals surface area contributed by atoms with Crippen molar-refractivity contribution in [1.29, 1.82) is 0 Å². The Labute approximate surface area is 126 Å². The fourth-order valence-electron chi connectivity index (χ4n) is 2.99. The summed E-state index contributed by atoms with van der Waals surface area (Å²) in [4.78, 5) is 2.46. The zero-order chi connectivity index (χ0) is 15.2. The highest BCUT2D eigenvalue weighted by Gasteiger charge is 2.20. The van der Waals surface area contributed by atoms with Gasteiger partial charge in [0.25, 0.3) is 0 Å². The van der Waals surface area contributed by atoms with Gasteiger partial charge in [0.1, 0.15) is 5.75 Å². The van der Waals surface area contributed by atoms with Crippen LogP contribution in [0, 0.1) is 5.92 Å². The summed E-state index contributed by atoms with van der Waals surface area (Å²) in [6, 6.07) is 5.63. The lowest BCUT2D eigenvalue weighted by molar-refractivity contribution is 0.163. The predicted molar refractivity (Wildman–Crippen MR) is 83.8 cm³/mol. The van der Waals surface area contributed by atoms with Crippen molar-refractivity contribution < 1.29 is 9.94 Å². The summed E-state index contributed by atoms with van der Waals surface area (Å²) < 4.78 is 5.44. The monoisotopic (exact) mass is 291 g/mol. The zero-order valence-electron chi connectivity index (χ0n) is 12.9. The van der Waals surface area contributed by atoms with Crippen LogP contribution >= 0.6 is 0 Å². The number of nitrogens with zero attached hydrogens (tertiary/aromatic N) is 2. The molecule has 0 spiro atoms. The molecule has 1 aromatic carbocycles. The van der Waals surface area contributed by atoms with Crippen molar-refractivity contribution in [1.82, 2.24) is 4.90 Å². The number of ether oxygens (including phenoxy) is 1. The topological polar surface area (TPSA) is 71.1 Å². The van der Waals surface area contributed by atoms with Crippen LogP contribution in [0.2, 0.25) is 0 Å². The molecule has 1 heterocycles. The number of hydrogen-bond donors (Lipinski definition) is 2. The summed E-state index contributed by atoms with van der Waals surface area (Å²) in [7, 11) is 1.67. The van der Waals surface area contributed by atoms with Gasteiger partial charge in [-0.2, -0.15) is 0 Å². The Morgan fingerprint density at radius 1 is 1.52 bits per heavy atom. The second-order valence-corrected chi connectivity index (χ2v) is 5.66. The number of amidine groups is 1. The number of piperidine rings is 1. The van der Waals surface area contributed by atoms with Gasteiger partial charge >= 0.3 is 0 Å². The van der Waals surface area contributed by atoms with Crippen molar-refractivity contribution in [2.75, 3.05) is 20.2 Å². The first-order valence-corrected chi connectivity index (χ1v) is 7.55. The predicted octanol–water partition coefficient (Wildman–Crippen LogP) is 2.41. The first kappa shape index (κ1) is 15.6. The number of methoxy groups -OCH3 is 1. The van der Waals surface area contributed by atoms with E-state index in [0.29, 0.717) is 0 Å². The minimum Gasteiger partial charge on any atom is -0.496 e. The Bertz CT molecular complexity index is 502. The quantitative estimate of drug-likeness (QED) is 0.378. The van der Waals surface area contributed by atoms with Gasteiger partial charge < -0.3 is 15.7 Å². The molecule has 0 bridgehead atoms. The number of likely N-dealkylation sites (tertiary alicyclic amines) is 1. The van der Waals surface area contributed by atoms with Crippen LogP contribution in [0.1, 0.15) is 37.3 Å². The lowest BCUT2D eigenvalue weighted by Gasteiger charge is -2.32. The van der Waals surface area contributed by atoms with Gasteiger partial charge in [-0.1, -0.05) is 18.5 Å². The van der Waals surface area contributed by atoms with Gasteiger partial charge in [-0.25, -0.2) is 0 Å². The highest BCUT2D eigenvalue weighted by Crippen LogP contribution is 2.25. The molecule has 1 unspecified atom stereocenters. The molecule has 5 nitrogen and oxygen atoms in total. The van der Waals surface area contributed by atoms with Crippen LogP contribution in [0.15, 0.2) is 23.4 Å². The maximum atomic E-state index is 8.81. The smallest absolute Gasteiger partial charge is 0.170 e. The second kappa shape index (κ2) is 7.31. The van der Waals surface area contributed by atoms with Gasteiger partial charge in [0, 0.05) is 24.2 Å². The fraction of sp³-hybridized carbons (Fsp3) is 0.562. The van der Waals surface area contributed by atoms with Crippen LogP contribution in [0.5, 0.6) is 5.75 Å². The van der Waals surface area contributed by atoms with E-state index in [1.54, 1.807) is 7.11 Å². The fourth-order valence-corrected chi connectivity index (χ4v) is 2.99. The van der Waals surface area contributed by atoms with E-state index in [1.165, 1.54) is 19.3 Å². The SMILES string of the molecule is CCC1CCCN(Cc2cc(/C(N)=N/O)ccc2OC)C1. The molecule has 2 rings (SSSR count). The minimum atomic E-state index is 0.129. The molecule has 0 aromatic heterocycles. The minimum absolute atomic E-state index is 0.129. The maximum Gasteiger partial charge on any atom is 0.170 e. The second-order valence-electron chi connectivity index (χ2n) is 5.66. The van der Waals surface area contributed by atoms with E-state index in [2.05, 4.69) is 17.0 Å². The molecule has 1 fully saturated rings. The summed E-state index contributed by atoms with van der Waals surface area (Å²) in [5.41, 5.74) is 7.48. The molecule has 3 N–H and O–H groups in total. The summed E-state index contributed by atoms with van der Waals surface area (Å²) in [5, 5.41) is 11.9. The van der Waals surface area contributed by atoms with Gasteiger partial charge in [0.15, 0.2) is 5.84 Å². The number of benzene rings is 1. The molecule has 5 heteroatoms. The lowest BCUT2D eigenvalue weighted by Crippen LogP contribution is -2.34. The van der Waals surface area contributed by atoms with Crippen LogP contribution in [-0.2, 0) is 6.54 Å². The third-order valence-corrected chi connectivity index (χ3v) is 4.26. The molecule has 1 aliphatic heterocycles. The molecule has 1 aliphatic rings. The summed E-state index contributed by atoms with van der Waals surface area (Å²) in [6.07, 6.45) is 3.81. The number of rotatable bonds is 5.